The van der Waals surface area contributed by atoms with Gasteiger partial charge in [0.2, 0.25) is 0 Å². The van der Waals surface area contributed by atoms with Crippen LogP contribution in [-0.2, 0) is 0 Å². The number of nitrogens with one attached hydrogen (secondary N) is 1. The van der Waals surface area contributed by atoms with E-state index >= 15 is 0 Å². The zero-order valence-electron chi connectivity index (χ0n) is 7.74. The quantitative estimate of drug-likeness (QED) is 0.587. The highest BCUT2D eigenvalue weighted by molar-refractivity contribution is 5.25. The zero-order chi connectivity index (χ0) is 8.67. The van der Waals surface area contributed by atoms with Crippen LogP contribution in [0, 0.1) is 0 Å². The summed E-state index contributed by atoms with van der Waals surface area (Å²) >= 11 is 0. The fourth-order valence-corrected chi connectivity index (χ4v) is 2.43. The maximum atomic E-state index is 3.40. The Morgan fingerprint density at radius 1 is 1.46 bits per heavy atom. The molecule has 0 aliphatic carbocycles. The largest absolute Gasteiger partial charge is 0.350 e. The van der Waals surface area contributed by atoms with Gasteiger partial charge in [0, 0.05) is 19.3 Å². The number of allylic oxidation sites excluding steroid dienone is 1. The van der Waals surface area contributed by atoms with Crippen molar-refractivity contribution in [1.29, 1.82) is 0 Å². The predicted octanol–water partition coefficient (Wildman–Crippen LogP) is 0.682. The maximum absolute atomic E-state index is 3.40. The van der Waals surface area contributed by atoms with Gasteiger partial charge >= 0.3 is 0 Å². The predicted molar refractivity (Wildman–Crippen MR) is 51.7 cm³/mol. The Kier molecular flexibility index (Phi) is 1.59. The van der Waals surface area contributed by atoms with Crippen LogP contribution in [0.25, 0.3) is 0 Å². The van der Waals surface area contributed by atoms with E-state index in [0.717, 1.165) is 13.2 Å². The van der Waals surface area contributed by atoms with Crippen LogP contribution in [0.5, 0.6) is 0 Å². The lowest BCUT2D eigenvalue weighted by molar-refractivity contribution is 0.103. The molecule has 1 N–H and O–H groups in total. The highest BCUT2D eigenvalue weighted by Gasteiger charge is 2.32. The van der Waals surface area contributed by atoms with E-state index in [4.69, 9.17) is 0 Å². The minimum Gasteiger partial charge on any atom is -0.350 e. The van der Waals surface area contributed by atoms with E-state index in [0.29, 0.717) is 6.17 Å². The van der Waals surface area contributed by atoms with Gasteiger partial charge in [-0.3, -0.25) is 5.32 Å². The summed E-state index contributed by atoms with van der Waals surface area (Å²) in [5.74, 6) is 0. The molecule has 3 rings (SSSR count). The molecule has 1 unspecified atom stereocenters. The summed E-state index contributed by atoms with van der Waals surface area (Å²) in [4.78, 5) is 4.94. The first-order valence-electron chi connectivity index (χ1n) is 5.06. The normalized spacial score (nSPS) is 31.4. The van der Waals surface area contributed by atoms with Crippen molar-refractivity contribution in [2.75, 3.05) is 19.8 Å². The van der Waals surface area contributed by atoms with Crippen molar-refractivity contribution < 1.29 is 0 Å². The second kappa shape index (κ2) is 2.77. The molecular weight excluding hydrogens is 162 g/mol. The lowest BCUT2D eigenvalue weighted by atomic mass is 10.2. The molecule has 0 amide bonds. The van der Waals surface area contributed by atoms with Gasteiger partial charge in [-0.1, -0.05) is 6.08 Å². The highest BCUT2D eigenvalue weighted by atomic mass is 15.4. The van der Waals surface area contributed by atoms with Crippen molar-refractivity contribution in [2.45, 2.75) is 19.0 Å². The minimum absolute atomic E-state index is 0.640. The highest BCUT2D eigenvalue weighted by Crippen LogP contribution is 2.29. The molecule has 3 heterocycles. The maximum Gasteiger partial charge on any atom is 0.103 e. The van der Waals surface area contributed by atoms with Crippen LogP contribution < -0.4 is 5.32 Å². The Hall–Kier alpha value is -0.960. The van der Waals surface area contributed by atoms with Crippen molar-refractivity contribution in [1.82, 2.24) is 15.1 Å². The monoisotopic (exact) mass is 177 g/mol. The van der Waals surface area contributed by atoms with Gasteiger partial charge in [-0.2, -0.15) is 0 Å². The number of hydrogen-bond acceptors (Lipinski definition) is 3. The van der Waals surface area contributed by atoms with Gasteiger partial charge in [-0.15, -0.1) is 0 Å². The molecule has 0 saturated carbocycles. The first kappa shape index (κ1) is 7.44. The fraction of sp³-hybridized carbons (Fsp3) is 0.600. The number of rotatable bonds is 0. The van der Waals surface area contributed by atoms with Crippen LogP contribution >= 0.6 is 0 Å². The van der Waals surface area contributed by atoms with E-state index in [1.807, 2.05) is 0 Å². The van der Waals surface area contributed by atoms with Gasteiger partial charge in [0.1, 0.15) is 6.17 Å². The third kappa shape index (κ3) is 1.07. The van der Waals surface area contributed by atoms with Crippen molar-refractivity contribution in [3.8, 4) is 0 Å². The Labute approximate surface area is 78.7 Å². The minimum atomic E-state index is 0.640. The summed E-state index contributed by atoms with van der Waals surface area (Å²) in [6, 6.07) is 0. The van der Waals surface area contributed by atoms with Gasteiger partial charge in [0.15, 0.2) is 0 Å². The summed E-state index contributed by atoms with van der Waals surface area (Å²) in [5, 5.41) is 3.40. The van der Waals surface area contributed by atoms with E-state index < -0.39 is 0 Å². The molecule has 0 radical (unpaired) electrons. The zero-order valence-corrected chi connectivity index (χ0v) is 7.74. The van der Waals surface area contributed by atoms with E-state index in [-0.39, 0.29) is 0 Å². The second-order valence-corrected chi connectivity index (χ2v) is 3.88. The van der Waals surface area contributed by atoms with Crippen LogP contribution in [0.3, 0.4) is 0 Å². The van der Waals surface area contributed by atoms with Crippen molar-refractivity contribution >= 4 is 0 Å². The van der Waals surface area contributed by atoms with Crippen LogP contribution in [0.15, 0.2) is 24.0 Å². The average molecular weight is 177 g/mol. The molecule has 13 heavy (non-hydrogen) atoms. The van der Waals surface area contributed by atoms with Crippen LogP contribution in [0.2, 0.25) is 0 Å². The number of nitrogens with zero attached hydrogens (tertiary/aromatic N) is 2. The van der Waals surface area contributed by atoms with E-state index in [1.54, 1.807) is 0 Å². The van der Waals surface area contributed by atoms with Gasteiger partial charge in [-0.25, -0.2) is 0 Å². The Bertz CT molecular complexity index is 269. The first-order chi connectivity index (χ1) is 6.45. The Balaban J connectivity index is 1.89. The molecule has 3 aliphatic heterocycles. The molecule has 3 nitrogen and oxygen atoms in total. The average Bonchev–Trinajstić information content (AvgIpc) is 2.56. The van der Waals surface area contributed by atoms with Crippen molar-refractivity contribution in [2.24, 2.45) is 0 Å². The van der Waals surface area contributed by atoms with Crippen molar-refractivity contribution in [3.63, 3.8) is 0 Å². The molecule has 0 bridgehead atoms. The molecule has 0 aromatic heterocycles. The Morgan fingerprint density at radius 3 is 3.46 bits per heavy atom. The third-order valence-electron chi connectivity index (χ3n) is 3.07. The molecule has 3 heteroatoms. The lowest BCUT2D eigenvalue weighted by Gasteiger charge is -2.38. The smallest absolute Gasteiger partial charge is 0.103 e. The molecule has 1 atom stereocenters. The first-order valence-corrected chi connectivity index (χ1v) is 5.06. The topological polar surface area (TPSA) is 18.5 Å². The molecular formula is C10H15N3. The van der Waals surface area contributed by atoms with Gasteiger partial charge < -0.3 is 9.80 Å². The molecule has 1 saturated heterocycles. The van der Waals surface area contributed by atoms with E-state index in [9.17, 15) is 0 Å². The lowest BCUT2D eigenvalue weighted by Crippen LogP contribution is -2.49. The molecule has 0 aromatic carbocycles. The van der Waals surface area contributed by atoms with Gasteiger partial charge in [-0.05, 0) is 18.9 Å². The standard InChI is InChI=1S/C10H15N3/c1-2-6-13-9(3-1)7-12-8-11-5-4-10(12)13/h1,3,7,10-11H,2,4-6,8H2. The molecule has 70 valence electrons. The summed E-state index contributed by atoms with van der Waals surface area (Å²) in [5.41, 5.74) is 1.40. The van der Waals surface area contributed by atoms with Crippen LogP contribution in [-0.4, -0.2) is 35.7 Å². The third-order valence-corrected chi connectivity index (χ3v) is 3.07. The van der Waals surface area contributed by atoms with Gasteiger partial charge in [0.05, 0.1) is 12.4 Å². The number of hydrogen-bond donors (Lipinski definition) is 1. The number of fused-ring (bicyclic) bond motifs is 3. The fourth-order valence-electron chi connectivity index (χ4n) is 2.43. The second-order valence-electron chi connectivity index (χ2n) is 3.88. The molecule has 3 aliphatic rings. The SMILES string of the molecule is C1=CC2=CN3CNCCC3N2CC1. The molecule has 0 aromatic rings. The Morgan fingerprint density at radius 2 is 2.46 bits per heavy atom. The van der Waals surface area contributed by atoms with E-state index in [1.165, 1.54) is 25.1 Å². The summed E-state index contributed by atoms with van der Waals surface area (Å²) in [6.07, 6.45) is 9.90. The summed E-state index contributed by atoms with van der Waals surface area (Å²) < 4.78 is 0. The van der Waals surface area contributed by atoms with Crippen LogP contribution in [0.1, 0.15) is 12.8 Å². The summed E-state index contributed by atoms with van der Waals surface area (Å²) in [7, 11) is 0. The molecule has 1 fully saturated rings. The molecule has 0 spiro atoms. The van der Waals surface area contributed by atoms with Crippen LogP contribution in [0.4, 0.5) is 0 Å². The van der Waals surface area contributed by atoms with Crippen molar-refractivity contribution in [3.05, 3.63) is 24.0 Å². The van der Waals surface area contributed by atoms with E-state index in [2.05, 4.69) is 33.5 Å². The summed E-state index contributed by atoms with van der Waals surface area (Å²) in [6.45, 7) is 3.37. The van der Waals surface area contributed by atoms with Gasteiger partial charge in [0.25, 0.3) is 0 Å².